The lowest BCUT2D eigenvalue weighted by molar-refractivity contribution is 0.0918. The van der Waals surface area contributed by atoms with Crippen molar-refractivity contribution in [2.45, 2.75) is 25.3 Å². The van der Waals surface area contributed by atoms with Crippen LogP contribution in [0.15, 0.2) is 54.6 Å². The van der Waals surface area contributed by atoms with Crippen LogP contribution < -0.4 is 10.6 Å². The second kappa shape index (κ2) is 9.42. The lowest BCUT2D eigenvalue weighted by Crippen LogP contribution is -2.49. The Morgan fingerprint density at radius 1 is 1.00 bits per heavy atom. The van der Waals surface area contributed by atoms with Crippen molar-refractivity contribution in [2.75, 3.05) is 19.6 Å². The molecule has 6 heteroatoms. The van der Waals surface area contributed by atoms with Crippen LogP contribution in [0, 0.1) is 0 Å². The highest BCUT2D eigenvalue weighted by Gasteiger charge is 2.23. The Morgan fingerprint density at radius 2 is 1.67 bits per heavy atom. The monoisotopic (exact) mass is 385 g/mol. The maximum Gasteiger partial charge on any atom is 0.317 e. The highest BCUT2D eigenvalue weighted by atomic mass is 35.5. The van der Waals surface area contributed by atoms with Gasteiger partial charge < -0.3 is 15.5 Å². The molecule has 5 nitrogen and oxygen atoms in total. The molecule has 3 amide bonds. The van der Waals surface area contributed by atoms with Crippen LogP contribution in [-0.2, 0) is 6.42 Å². The van der Waals surface area contributed by atoms with Gasteiger partial charge in [0.25, 0.3) is 5.91 Å². The summed E-state index contributed by atoms with van der Waals surface area (Å²) in [7, 11) is 0. The summed E-state index contributed by atoms with van der Waals surface area (Å²) in [6.45, 7) is 1.88. The zero-order chi connectivity index (χ0) is 19.1. The quantitative estimate of drug-likeness (QED) is 0.827. The Labute approximate surface area is 164 Å². The molecule has 27 heavy (non-hydrogen) atoms. The summed E-state index contributed by atoms with van der Waals surface area (Å²) in [5.41, 5.74) is 1.81. The van der Waals surface area contributed by atoms with Crippen molar-refractivity contribution in [3.05, 3.63) is 70.7 Å². The third-order valence-corrected chi connectivity index (χ3v) is 5.01. The molecule has 142 valence electrons. The molecule has 1 heterocycles. The van der Waals surface area contributed by atoms with Gasteiger partial charge in [-0.05, 0) is 49.1 Å². The van der Waals surface area contributed by atoms with E-state index < -0.39 is 0 Å². The van der Waals surface area contributed by atoms with Crippen molar-refractivity contribution < 1.29 is 9.59 Å². The van der Waals surface area contributed by atoms with Crippen molar-refractivity contribution in [3.8, 4) is 0 Å². The topological polar surface area (TPSA) is 61.4 Å². The van der Waals surface area contributed by atoms with Crippen LogP contribution in [0.2, 0.25) is 5.02 Å². The fourth-order valence-corrected chi connectivity index (χ4v) is 3.29. The first kappa shape index (κ1) is 19.2. The molecule has 1 aliphatic heterocycles. The summed E-state index contributed by atoms with van der Waals surface area (Å²) in [5, 5.41) is 6.73. The van der Waals surface area contributed by atoms with E-state index in [9.17, 15) is 9.59 Å². The van der Waals surface area contributed by atoms with Gasteiger partial charge in [-0.1, -0.05) is 41.9 Å². The van der Waals surface area contributed by atoms with Gasteiger partial charge in [-0.3, -0.25) is 4.79 Å². The predicted molar refractivity (Wildman–Crippen MR) is 107 cm³/mol. The summed E-state index contributed by atoms with van der Waals surface area (Å²) in [5.74, 6) is -0.0542. The molecule has 2 N–H and O–H groups in total. The van der Waals surface area contributed by atoms with E-state index in [1.165, 1.54) is 0 Å². The molecule has 0 saturated carbocycles. The van der Waals surface area contributed by atoms with Crippen LogP contribution in [0.5, 0.6) is 0 Å². The standard InChI is InChI=1S/C21H24ClN3O2/c22-18-8-6-16(7-9-18)10-13-23-21(27)25-14-11-19(12-15-25)24-20(26)17-4-2-1-3-5-17/h1-9,19H,10-15H2,(H,23,27)(H,24,26). The van der Waals surface area contributed by atoms with Gasteiger partial charge in [0.05, 0.1) is 0 Å². The Kier molecular flexibility index (Phi) is 6.71. The largest absolute Gasteiger partial charge is 0.349 e. The van der Waals surface area contributed by atoms with E-state index in [-0.39, 0.29) is 18.0 Å². The Hall–Kier alpha value is -2.53. The summed E-state index contributed by atoms with van der Waals surface area (Å²) in [6.07, 6.45) is 2.30. The number of urea groups is 1. The molecular weight excluding hydrogens is 362 g/mol. The lowest BCUT2D eigenvalue weighted by Gasteiger charge is -2.32. The third-order valence-electron chi connectivity index (χ3n) is 4.76. The summed E-state index contributed by atoms with van der Waals surface area (Å²) in [6, 6.07) is 16.9. The smallest absolute Gasteiger partial charge is 0.317 e. The molecule has 0 spiro atoms. The van der Waals surface area contributed by atoms with E-state index in [1.807, 2.05) is 47.4 Å². The highest BCUT2D eigenvalue weighted by Crippen LogP contribution is 2.12. The number of nitrogens with one attached hydrogen (secondary N) is 2. The van der Waals surface area contributed by atoms with Crippen LogP contribution in [0.3, 0.4) is 0 Å². The molecule has 1 saturated heterocycles. The first-order valence-corrected chi connectivity index (χ1v) is 9.63. The SMILES string of the molecule is O=C(NC1CCN(C(=O)NCCc2ccc(Cl)cc2)CC1)c1ccccc1. The first-order chi connectivity index (χ1) is 13.1. The Bertz CT molecular complexity index is 757. The normalized spacial score (nSPS) is 14.6. The highest BCUT2D eigenvalue weighted by molar-refractivity contribution is 6.30. The fourth-order valence-electron chi connectivity index (χ4n) is 3.16. The van der Waals surface area contributed by atoms with E-state index >= 15 is 0 Å². The van der Waals surface area contributed by atoms with Gasteiger partial charge in [0.15, 0.2) is 0 Å². The van der Waals surface area contributed by atoms with Crippen molar-refractivity contribution in [1.29, 1.82) is 0 Å². The minimum atomic E-state index is -0.0542. The van der Waals surface area contributed by atoms with Gasteiger partial charge >= 0.3 is 6.03 Å². The molecule has 0 radical (unpaired) electrons. The Balaban J connectivity index is 1.37. The van der Waals surface area contributed by atoms with Gasteiger partial charge in [-0.2, -0.15) is 0 Å². The number of nitrogens with zero attached hydrogens (tertiary/aromatic N) is 1. The molecule has 0 aliphatic carbocycles. The number of hydrogen-bond donors (Lipinski definition) is 2. The molecule has 2 aromatic carbocycles. The van der Waals surface area contributed by atoms with Crippen LogP contribution >= 0.6 is 11.6 Å². The molecule has 1 aliphatic rings. The van der Waals surface area contributed by atoms with Crippen LogP contribution in [-0.4, -0.2) is 42.5 Å². The van der Waals surface area contributed by atoms with Gasteiger partial charge in [0, 0.05) is 36.3 Å². The van der Waals surface area contributed by atoms with E-state index in [4.69, 9.17) is 11.6 Å². The zero-order valence-electron chi connectivity index (χ0n) is 15.2. The number of hydrogen-bond acceptors (Lipinski definition) is 2. The molecule has 0 unspecified atom stereocenters. The average Bonchev–Trinajstić information content (AvgIpc) is 2.70. The van der Waals surface area contributed by atoms with Crippen molar-refractivity contribution >= 4 is 23.5 Å². The van der Waals surface area contributed by atoms with Crippen LogP contribution in [0.1, 0.15) is 28.8 Å². The summed E-state index contributed by atoms with van der Waals surface area (Å²) >= 11 is 5.87. The van der Waals surface area contributed by atoms with E-state index in [0.717, 1.165) is 24.8 Å². The van der Waals surface area contributed by atoms with E-state index in [2.05, 4.69) is 10.6 Å². The summed E-state index contributed by atoms with van der Waals surface area (Å²) < 4.78 is 0. The molecule has 3 rings (SSSR count). The molecular formula is C21H24ClN3O2. The van der Waals surface area contributed by atoms with Crippen molar-refractivity contribution in [1.82, 2.24) is 15.5 Å². The van der Waals surface area contributed by atoms with Crippen LogP contribution in [0.4, 0.5) is 4.79 Å². The predicted octanol–water partition coefficient (Wildman–Crippen LogP) is 3.49. The second-order valence-electron chi connectivity index (χ2n) is 6.71. The molecule has 2 aromatic rings. The number of benzene rings is 2. The molecule has 0 aromatic heterocycles. The molecule has 0 bridgehead atoms. The number of rotatable bonds is 5. The van der Waals surface area contributed by atoms with Gasteiger partial charge in [0.2, 0.25) is 0 Å². The molecule has 0 atom stereocenters. The number of amides is 3. The van der Waals surface area contributed by atoms with Crippen molar-refractivity contribution in [2.24, 2.45) is 0 Å². The Morgan fingerprint density at radius 3 is 2.33 bits per heavy atom. The van der Waals surface area contributed by atoms with Gasteiger partial charge in [0.1, 0.15) is 0 Å². The number of carbonyl (C=O) groups excluding carboxylic acids is 2. The average molecular weight is 386 g/mol. The molecule has 1 fully saturated rings. The van der Waals surface area contributed by atoms with Crippen LogP contribution in [0.25, 0.3) is 0 Å². The second-order valence-corrected chi connectivity index (χ2v) is 7.15. The minimum absolute atomic E-state index is 0.0446. The van der Waals surface area contributed by atoms with Gasteiger partial charge in [-0.25, -0.2) is 4.79 Å². The fraction of sp³-hybridized carbons (Fsp3) is 0.333. The van der Waals surface area contributed by atoms with Crippen molar-refractivity contribution in [3.63, 3.8) is 0 Å². The van der Waals surface area contributed by atoms with E-state index in [1.54, 1.807) is 12.1 Å². The minimum Gasteiger partial charge on any atom is -0.349 e. The third kappa shape index (κ3) is 5.73. The maximum atomic E-state index is 12.3. The van der Waals surface area contributed by atoms with Gasteiger partial charge in [-0.15, -0.1) is 0 Å². The lowest BCUT2D eigenvalue weighted by atomic mass is 10.0. The first-order valence-electron chi connectivity index (χ1n) is 9.25. The zero-order valence-corrected chi connectivity index (χ0v) is 15.9. The number of halogens is 1. The maximum absolute atomic E-state index is 12.3. The number of carbonyl (C=O) groups is 2. The number of likely N-dealkylation sites (tertiary alicyclic amines) is 1. The number of piperidine rings is 1. The summed E-state index contributed by atoms with van der Waals surface area (Å²) in [4.78, 5) is 26.3. The van der Waals surface area contributed by atoms with E-state index in [0.29, 0.717) is 30.2 Å².